The Bertz CT molecular complexity index is 711. The van der Waals surface area contributed by atoms with Crippen LogP contribution in [0.2, 0.25) is 0 Å². The molecule has 2 heterocycles. The molecule has 3 nitrogen and oxygen atoms in total. The lowest BCUT2D eigenvalue weighted by Crippen LogP contribution is -1.93. The molecule has 0 aliphatic rings. The van der Waals surface area contributed by atoms with E-state index < -0.39 is 0 Å². The minimum atomic E-state index is 0.612. The Morgan fingerprint density at radius 2 is 1.78 bits per heavy atom. The van der Waals surface area contributed by atoms with Gasteiger partial charge in [-0.05, 0) is 58.6 Å². The number of fused-ring (bicyclic) bond motifs is 1. The van der Waals surface area contributed by atoms with E-state index in [9.17, 15) is 0 Å². The van der Waals surface area contributed by atoms with Gasteiger partial charge in [0.25, 0.3) is 0 Å². The Labute approximate surface area is 114 Å². The standard InChI is InChI=1S/C14H12BrN3/c1-9-5-3-6-10(2)12(9)11-7-4-8-18-13(11)16-14(15)17-18/h3-8H,1-2H3. The van der Waals surface area contributed by atoms with Crippen molar-refractivity contribution >= 4 is 21.6 Å². The first-order valence-corrected chi connectivity index (χ1v) is 6.53. The zero-order valence-corrected chi connectivity index (χ0v) is 11.8. The summed E-state index contributed by atoms with van der Waals surface area (Å²) in [5.41, 5.74) is 5.74. The molecule has 0 fully saturated rings. The van der Waals surface area contributed by atoms with Gasteiger partial charge in [-0.25, -0.2) is 9.50 Å². The van der Waals surface area contributed by atoms with Crippen molar-refractivity contribution in [1.29, 1.82) is 0 Å². The highest BCUT2D eigenvalue weighted by Gasteiger charge is 2.11. The molecule has 0 bridgehead atoms. The fraction of sp³-hybridized carbons (Fsp3) is 0.143. The van der Waals surface area contributed by atoms with Crippen LogP contribution in [0.4, 0.5) is 0 Å². The molecule has 3 rings (SSSR count). The van der Waals surface area contributed by atoms with Gasteiger partial charge in [-0.2, -0.15) is 0 Å². The lowest BCUT2D eigenvalue weighted by molar-refractivity contribution is 0.946. The van der Waals surface area contributed by atoms with E-state index >= 15 is 0 Å². The molecule has 1 aromatic carbocycles. The Hall–Kier alpha value is -1.68. The molecule has 0 spiro atoms. The van der Waals surface area contributed by atoms with E-state index in [0.29, 0.717) is 4.73 Å². The summed E-state index contributed by atoms with van der Waals surface area (Å²) in [4.78, 5) is 4.44. The molecule has 90 valence electrons. The van der Waals surface area contributed by atoms with Gasteiger partial charge in [0.1, 0.15) is 0 Å². The van der Waals surface area contributed by atoms with Crippen LogP contribution in [0.25, 0.3) is 16.8 Å². The highest BCUT2D eigenvalue weighted by atomic mass is 79.9. The van der Waals surface area contributed by atoms with E-state index in [1.807, 2.05) is 12.3 Å². The fourth-order valence-corrected chi connectivity index (χ4v) is 2.65. The fourth-order valence-electron chi connectivity index (χ4n) is 2.31. The second-order valence-electron chi connectivity index (χ2n) is 4.34. The van der Waals surface area contributed by atoms with Gasteiger partial charge in [-0.15, -0.1) is 5.10 Å². The van der Waals surface area contributed by atoms with Crippen LogP contribution in [0.1, 0.15) is 11.1 Å². The third kappa shape index (κ3) is 1.73. The Balaban J connectivity index is 2.38. The maximum absolute atomic E-state index is 4.44. The summed E-state index contributed by atoms with van der Waals surface area (Å²) in [5.74, 6) is 0. The third-order valence-electron chi connectivity index (χ3n) is 3.09. The Morgan fingerprint density at radius 3 is 2.50 bits per heavy atom. The lowest BCUT2D eigenvalue weighted by Gasteiger charge is -2.10. The van der Waals surface area contributed by atoms with Gasteiger partial charge in [0.05, 0.1) is 0 Å². The average molecular weight is 302 g/mol. The van der Waals surface area contributed by atoms with Crippen LogP contribution in [0.15, 0.2) is 41.3 Å². The first-order valence-electron chi connectivity index (χ1n) is 5.74. The molecule has 4 heteroatoms. The number of hydrogen-bond acceptors (Lipinski definition) is 2. The number of rotatable bonds is 1. The molecule has 0 unspecified atom stereocenters. The first kappa shape index (κ1) is 11.4. The van der Waals surface area contributed by atoms with Crippen molar-refractivity contribution < 1.29 is 0 Å². The van der Waals surface area contributed by atoms with E-state index in [0.717, 1.165) is 11.2 Å². The summed E-state index contributed by atoms with van der Waals surface area (Å²) in [6.07, 6.45) is 1.91. The monoisotopic (exact) mass is 301 g/mol. The number of aryl methyl sites for hydroxylation is 2. The molecule has 0 N–H and O–H groups in total. The van der Waals surface area contributed by atoms with Crippen LogP contribution >= 0.6 is 15.9 Å². The molecule has 0 atom stereocenters. The second-order valence-corrected chi connectivity index (χ2v) is 5.05. The van der Waals surface area contributed by atoms with Gasteiger partial charge in [-0.3, -0.25) is 0 Å². The number of aromatic nitrogens is 3. The van der Waals surface area contributed by atoms with E-state index in [1.165, 1.54) is 16.7 Å². The Kier molecular flexibility index (Phi) is 2.67. The van der Waals surface area contributed by atoms with Gasteiger partial charge < -0.3 is 0 Å². The quantitative estimate of drug-likeness (QED) is 0.685. The summed E-state index contributed by atoms with van der Waals surface area (Å²) in [7, 11) is 0. The SMILES string of the molecule is Cc1cccc(C)c1-c1cccn2nc(Br)nc12. The highest BCUT2D eigenvalue weighted by molar-refractivity contribution is 9.10. The maximum Gasteiger partial charge on any atom is 0.218 e. The van der Waals surface area contributed by atoms with Crippen LogP contribution < -0.4 is 0 Å². The van der Waals surface area contributed by atoms with Crippen LogP contribution in [0.5, 0.6) is 0 Å². The van der Waals surface area contributed by atoms with Crippen molar-refractivity contribution in [2.45, 2.75) is 13.8 Å². The van der Waals surface area contributed by atoms with Crippen LogP contribution in [-0.4, -0.2) is 14.6 Å². The van der Waals surface area contributed by atoms with Crippen molar-refractivity contribution in [3.63, 3.8) is 0 Å². The minimum Gasteiger partial charge on any atom is -0.219 e. The van der Waals surface area contributed by atoms with Crippen LogP contribution in [0.3, 0.4) is 0 Å². The van der Waals surface area contributed by atoms with Crippen LogP contribution in [-0.2, 0) is 0 Å². The summed E-state index contributed by atoms with van der Waals surface area (Å²) in [6, 6.07) is 10.4. The number of halogens is 1. The molecular weight excluding hydrogens is 290 g/mol. The van der Waals surface area contributed by atoms with E-state index in [2.05, 4.69) is 64.1 Å². The molecule has 0 saturated carbocycles. The molecule has 0 aliphatic carbocycles. The van der Waals surface area contributed by atoms with E-state index in [1.54, 1.807) is 4.52 Å². The molecule has 18 heavy (non-hydrogen) atoms. The summed E-state index contributed by atoms with van der Waals surface area (Å²) in [6.45, 7) is 4.24. The number of nitrogens with zero attached hydrogens (tertiary/aromatic N) is 3. The Morgan fingerprint density at radius 1 is 1.06 bits per heavy atom. The van der Waals surface area contributed by atoms with Crippen molar-refractivity contribution in [1.82, 2.24) is 14.6 Å². The van der Waals surface area contributed by atoms with Gasteiger partial charge in [0.15, 0.2) is 5.65 Å². The van der Waals surface area contributed by atoms with Gasteiger partial charge >= 0.3 is 0 Å². The minimum absolute atomic E-state index is 0.612. The molecule has 3 aromatic rings. The van der Waals surface area contributed by atoms with Gasteiger partial charge in [0, 0.05) is 11.8 Å². The van der Waals surface area contributed by atoms with Gasteiger partial charge in [0.2, 0.25) is 4.73 Å². The van der Waals surface area contributed by atoms with E-state index in [-0.39, 0.29) is 0 Å². The molecule has 0 radical (unpaired) electrons. The molecule has 0 aliphatic heterocycles. The largest absolute Gasteiger partial charge is 0.219 e. The number of hydrogen-bond donors (Lipinski definition) is 0. The summed E-state index contributed by atoms with van der Waals surface area (Å²) >= 11 is 3.33. The first-order chi connectivity index (χ1) is 8.66. The predicted octanol–water partition coefficient (Wildman–Crippen LogP) is 3.78. The molecular formula is C14H12BrN3. The van der Waals surface area contributed by atoms with Crippen molar-refractivity contribution in [3.8, 4) is 11.1 Å². The average Bonchev–Trinajstić information content (AvgIpc) is 2.70. The van der Waals surface area contributed by atoms with Crippen molar-refractivity contribution in [3.05, 3.63) is 52.4 Å². The maximum atomic E-state index is 4.44. The topological polar surface area (TPSA) is 30.2 Å². The number of benzene rings is 1. The zero-order chi connectivity index (χ0) is 12.7. The van der Waals surface area contributed by atoms with Crippen molar-refractivity contribution in [2.75, 3.05) is 0 Å². The second kappa shape index (κ2) is 4.21. The predicted molar refractivity (Wildman–Crippen MR) is 75.6 cm³/mol. The lowest BCUT2D eigenvalue weighted by atomic mass is 9.97. The van der Waals surface area contributed by atoms with Gasteiger partial charge in [-0.1, -0.05) is 18.2 Å². The molecule has 2 aromatic heterocycles. The molecule has 0 saturated heterocycles. The van der Waals surface area contributed by atoms with E-state index in [4.69, 9.17) is 0 Å². The van der Waals surface area contributed by atoms with Crippen molar-refractivity contribution in [2.24, 2.45) is 0 Å². The third-order valence-corrected chi connectivity index (χ3v) is 3.42. The number of pyridine rings is 1. The zero-order valence-electron chi connectivity index (χ0n) is 10.2. The summed E-state index contributed by atoms with van der Waals surface area (Å²) in [5, 5.41) is 4.28. The normalized spacial score (nSPS) is 11.1. The molecule has 0 amide bonds. The smallest absolute Gasteiger partial charge is 0.218 e. The summed E-state index contributed by atoms with van der Waals surface area (Å²) < 4.78 is 2.41. The highest BCUT2D eigenvalue weighted by Crippen LogP contribution is 2.30. The van der Waals surface area contributed by atoms with Crippen LogP contribution in [0, 0.1) is 13.8 Å².